The molecule has 2 aromatic carbocycles. The van der Waals surface area contributed by atoms with Crippen LogP contribution < -0.4 is 5.32 Å². The van der Waals surface area contributed by atoms with E-state index < -0.39 is 23.7 Å². The molecule has 9 heteroatoms. The number of esters is 2. The molecular formula is C25H23ClFNO5S. The third kappa shape index (κ3) is 5.29. The van der Waals surface area contributed by atoms with Crippen molar-refractivity contribution in [2.75, 3.05) is 32.2 Å². The second-order valence-electron chi connectivity index (χ2n) is 7.61. The van der Waals surface area contributed by atoms with Crippen molar-refractivity contribution in [2.45, 2.75) is 12.8 Å². The largest absolute Gasteiger partial charge is 0.459 e. The van der Waals surface area contributed by atoms with Crippen molar-refractivity contribution in [3.8, 4) is 0 Å². The number of halogens is 2. The first-order valence-electron chi connectivity index (χ1n) is 10.7. The quantitative estimate of drug-likeness (QED) is 0.447. The van der Waals surface area contributed by atoms with E-state index in [1.807, 2.05) is 0 Å². The zero-order chi connectivity index (χ0) is 24.1. The fourth-order valence-electron chi connectivity index (χ4n) is 3.88. The Hall–Kier alpha value is -2.81. The molecule has 2 aliphatic rings. The molecule has 2 heterocycles. The van der Waals surface area contributed by atoms with Crippen LogP contribution in [-0.4, -0.2) is 44.1 Å². The molecule has 6 nitrogen and oxygen atoms in total. The molecule has 1 N–H and O–H groups in total. The van der Waals surface area contributed by atoms with Gasteiger partial charge in [0.1, 0.15) is 19.0 Å². The Morgan fingerprint density at radius 2 is 1.85 bits per heavy atom. The van der Waals surface area contributed by atoms with Crippen LogP contribution in [0.1, 0.15) is 28.8 Å². The highest BCUT2D eigenvalue weighted by Gasteiger charge is 2.38. The van der Waals surface area contributed by atoms with E-state index in [9.17, 15) is 9.59 Å². The Labute approximate surface area is 206 Å². The Morgan fingerprint density at radius 3 is 2.59 bits per heavy atom. The zero-order valence-corrected chi connectivity index (χ0v) is 20.0. The highest BCUT2D eigenvalue weighted by molar-refractivity contribution is 8.03. The van der Waals surface area contributed by atoms with Crippen molar-refractivity contribution in [2.24, 2.45) is 0 Å². The number of nitrogens with one attached hydrogen (secondary N) is 1. The van der Waals surface area contributed by atoms with E-state index in [0.717, 1.165) is 10.6 Å². The summed E-state index contributed by atoms with van der Waals surface area (Å²) in [6.45, 7) is 2.32. The minimum Gasteiger partial charge on any atom is -0.459 e. The Kier molecular flexibility index (Phi) is 7.92. The first-order valence-corrected chi connectivity index (χ1v) is 12.1. The molecule has 0 aromatic heterocycles. The predicted octanol–water partition coefficient (Wildman–Crippen LogP) is 4.82. The molecule has 34 heavy (non-hydrogen) atoms. The van der Waals surface area contributed by atoms with Crippen molar-refractivity contribution in [3.63, 3.8) is 0 Å². The number of rotatable bonds is 6. The highest BCUT2D eigenvalue weighted by atomic mass is 35.5. The van der Waals surface area contributed by atoms with Crippen molar-refractivity contribution in [3.05, 3.63) is 92.4 Å². The molecule has 4 rings (SSSR count). The fourth-order valence-corrected chi connectivity index (χ4v) is 5.26. The van der Waals surface area contributed by atoms with Gasteiger partial charge in [0.15, 0.2) is 0 Å². The van der Waals surface area contributed by atoms with Crippen molar-refractivity contribution in [1.29, 1.82) is 0 Å². The average Bonchev–Trinajstić information content (AvgIpc) is 3.07. The van der Waals surface area contributed by atoms with E-state index in [4.69, 9.17) is 25.8 Å². The van der Waals surface area contributed by atoms with E-state index in [2.05, 4.69) is 5.32 Å². The molecule has 178 valence electrons. The Balaban J connectivity index is 1.54. The molecule has 0 radical (unpaired) electrons. The van der Waals surface area contributed by atoms with Gasteiger partial charge in [0, 0.05) is 26.9 Å². The molecule has 0 spiro atoms. The van der Waals surface area contributed by atoms with E-state index in [1.54, 1.807) is 43.3 Å². The van der Waals surface area contributed by atoms with Crippen LogP contribution in [0.3, 0.4) is 0 Å². The van der Waals surface area contributed by atoms with E-state index >= 15 is 4.39 Å². The number of ether oxygens (including phenoxy) is 3. The fraction of sp³-hybridized carbons (Fsp3) is 0.280. The molecule has 0 saturated carbocycles. The molecule has 0 bridgehead atoms. The van der Waals surface area contributed by atoms with Crippen LogP contribution in [0.15, 0.2) is 70.4 Å². The molecule has 0 amide bonds. The molecule has 1 unspecified atom stereocenters. The second-order valence-corrected chi connectivity index (χ2v) is 9.16. The Bertz CT molecular complexity index is 1130. The van der Waals surface area contributed by atoms with E-state index in [1.165, 1.54) is 23.9 Å². The number of hydrogen-bond acceptors (Lipinski definition) is 7. The summed E-state index contributed by atoms with van der Waals surface area (Å²) in [6, 6.07) is 13.0. The third-order valence-corrected chi connectivity index (χ3v) is 6.88. The lowest BCUT2D eigenvalue weighted by Crippen LogP contribution is -2.31. The normalized spacial score (nSPS) is 18.0. The number of hydrogen-bond donors (Lipinski definition) is 1. The van der Waals surface area contributed by atoms with Crippen LogP contribution >= 0.6 is 23.4 Å². The van der Waals surface area contributed by atoms with Crippen LogP contribution in [0, 0.1) is 5.82 Å². The summed E-state index contributed by atoms with van der Waals surface area (Å²) in [4.78, 5) is 26.1. The van der Waals surface area contributed by atoms with Gasteiger partial charge in [-0.1, -0.05) is 35.9 Å². The second kappa shape index (κ2) is 11.1. The summed E-state index contributed by atoms with van der Waals surface area (Å²) in [5, 5.41) is 3.44. The number of thioether (sulfide) groups is 1. The van der Waals surface area contributed by atoms with Crippen molar-refractivity contribution >= 4 is 35.3 Å². The van der Waals surface area contributed by atoms with Gasteiger partial charge in [-0.05, 0) is 31.2 Å². The summed E-state index contributed by atoms with van der Waals surface area (Å²) in [5.41, 5.74) is 2.19. The van der Waals surface area contributed by atoms with Gasteiger partial charge in [-0.15, -0.1) is 11.8 Å². The van der Waals surface area contributed by atoms with Crippen LogP contribution in [-0.2, 0) is 19.0 Å². The topological polar surface area (TPSA) is 73.9 Å². The summed E-state index contributed by atoms with van der Waals surface area (Å²) in [5.74, 6) is -1.74. The molecule has 2 aliphatic heterocycles. The maximum absolute atomic E-state index is 15.0. The van der Waals surface area contributed by atoms with Gasteiger partial charge < -0.3 is 19.5 Å². The van der Waals surface area contributed by atoms with Gasteiger partial charge in [0.2, 0.25) is 0 Å². The highest BCUT2D eigenvalue weighted by Crippen LogP contribution is 2.47. The number of allylic oxidation sites excluding steroid dienone is 2. The minimum atomic E-state index is -0.740. The number of benzene rings is 2. The Morgan fingerprint density at radius 1 is 1.12 bits per heavy atom. The summed E-state index contributed by atoms with van der Waals surface area (Å²) in [7, 11) is 0. The minimum absolute atomic E-state index is 0.110. The SMILES string of the molecule is CC1=C(C(=O)OCCOC(=O)c2ccccc2)C(c2c(F)cccc2Cl)C2=C(COCCS2)N1. The number of carbonyl (C=O) groups is 2. The first-order chi connectivity index (χ1) is 16.5. The molecule has 0 aliphatic carbocycles. The first kappa shape index (κ1) is 24.3. The maximum Gasteiger partial charge on any atom is 0.338 e. The van der Waals surface area contributed by atoms with Crippen LogP contribution in [0.4, 0.5) is 4.39 Å². The molecule has 2 aromatic rings. The van der Waals surface area contributed by atoms with Crippen LogP contribution in [0.25, 0.3) is 0 Å². The van der Waals surface area contributed by atoms with Gasteiger partial charge in [-0.25, -0.2) is 14.0 Å². The zero-order valence-electron chi connectivity index (χ0n) is 18.4. The van der Waals surface area contributed by atoms with Gasteiger partial charge in [-0.2, -0.15) is 0 Å². The lowest BCUT2D eigenvalue weighted by Gasteiger charge is -2.31. The smallest absolute Gasteiger partial charge is 0.338 e. The molecule has 0 saturated heterocycles. The summed E-state index contributed by atoms with van der Waals surface area (Å²) >= 11 is 7.91. The standard InChI is InChI=1S/C25H23ClFNO5S/c1-15-20(25(30)33-11-10-32-24(29)16-6-3-2-4-7-16)22(21-17(26)8-5-9-18(21)27)23-19(28-15)14-31-12-13-34-23/h2-9,22,28H,10-14H2,1H3. The van der Waals surface area contributed by atoms with Crippen molar-refractivity contribution in [1.82, 2.24) is 5.32 Å². The van der Waals surface area contributed by atoms with Gasteiger partial charge in [-0.3, -0.25) is 0 Å². The van der Waals surface area contributed by atoms with E-state index in [0.29, 0.717) is 30.2 Å². The molecular weight excluding hydrogens is 481 g/mol. The molecule has 0 fully saturated rings. The van der Waals surface area contributed by atoms with Gasteiger partial charge in [0.05, 0.1) is 36.0 Å². The number of dihydropyridines is 1. The van der Waals surface area contributed by atoms with Gasteiger partial charge in [0.25, 0.3) is 0 Å². The maximum atomic E-state index is 15.0. The lowest BCUT2D eigenvalue weighted by molar-refractivity contribution is -0.140. The summed E-state index contributed by atoms with van der Waals surface area (Å²) < 4.78 is 31.3. The predicted molar refractivity (Wildman–Crippen MR) is 128 cm³/mol. The monoisotopic (exact) mass is 503 g/mol. The van der Waals surface area contributed by atoms with Crippen molar-refractivity contribution < 1.29 is 28.2 Å². The van der Waals surface area contributed by atoms with Crippen LogP contribution in [0.5, 0.6) is 0 Å². The lowest BCUT2D eigenvalue weighted by atomic mass is 9.86. The summed E-state index contributed by atoms with van der Waals surface area (Å²) in [6.07, 6.45) is 0. The average molecular weight is 504 g/mol. The number of carbonyl (C=O) groups excluding carboxylic acids is 2. The van der Waals surface area contributed by atoms with Gasteiger partial charge >= 0.3 is 11.9 Å². The molecule has 1 atom stereocenters. The third-order valence-electron chi connectivity index (χ3n) is 5.39. The van der Waals surface area contributed by atoms with E-state index in [-0.39, 0.29) is 29.4 Å². The van der Waals surface area contributed by atoms with Crippen LogP contribution in [0.2, 0.25) is 5.02 Å².